The van der Waals surface area contributed by atoms with E-state index < -0.39 is 0 Å². The van der Waals surface area contributed by atoms with E-state index in [2.05, 4.69) is 5.16 Å². The standard InChI is InChI=1S/C10H11NO4/c1-2-13-8-3-4-9-10(15-6-14-9)7(8)5-11-12/h3-5,12H,2,6H2,1H3/b11-5+. The topological polar surface area (TPSA) is 60.3 Å². The van der Waals surface area contributed by atoms with E-state index in [0.29, 0.717) is 29.4 Å². The second-order valence-corrected chi connectivity index (χ2v) is 2.89. The first-order chi connectivity index (χ1) is 7.36. The van der Waals surface area contributed by atoms with Crippen LogP contribution in [0.2, 0.25) is 0 Å². The number of nitrogens with zero attached hydrogens (tertiary/aromatic N) is 1. The lowest BCUT2D eigenvalue weighted by Gasteiger charge is -2.08. The van der Waals surface area contributed by atoms with Crippen LogP contribution in [0.1, 0.15) is 12.5 Å². The van der Waals surface area contributed by atoms with E-state index in [-0.39, 0.29) is 6.79 Å². The second-order valence-electron chi connectivity index (χ2n) is 2.89. The van der Waals surface area contributed by atoms with Crippen molar-refractivity contribution in [2.75, 3.05) is 13.4 Å². The van der Waals surface area contributed by atoms with Crippen molar-refractivity contribution < 1.29 is 19.4 Å². The molecule has 1 aromatic rings. The largest absolute Gasteiger partial charge is 0.493 e. The fourth-order valence-corrected chi connectivity index (χ4v) is 1.44. The summed E-state index contributed by atoms with van der Waals surface area (Å²) < 4.78 is 15.8. The lowest BCUT2D eigenvalue weighted by atomic mass is 10.2. The summed E-state index contributed by atoms with van der Waals surface area (Å²) in [6, 6.07) is 3.52. The van der Waals surface area contributed by atoms with Gasteiger partial charge in [0, 0.05) is 0 Å². The molecule has 1 aliphatic heterocycles. The van der Waals surface area contributed by atoms with Crippen molar-refractivity contribution in [3.63, 3.8) is 0 Å². The molecule has 0 radical (unpaired) electrons. The van der Waals surface area contributed by atoms with Crippen molar-refractivity contribution in [3.8, 4) is 17.2 Å². The molecule has 0 atom stereocenters. The van der Waals surface area contributed by atoms with Crippen molar-refractivity contribution in [1.29, 1.82) is 0 Å². The van der Waals surface area contributed by atoms with Crippen molar-refractivity contribution in [1.82, 2.24) is 0 Å². The summed E-state index contributed by atoms with van der Waals surface area (Å²) in [4.78, 5) is 0. The Morgan fingerprint density at radius 2 is 2.40 bits per heavy atom. The maximum atomic E-state index is 8.56. The lowest BCUT2D eigenvalue weighted by Crippen LogP contribution is -1.98. The van der Waals surface area contributed by atoms with Crippen LogP contribution in [0.25, 0.3) is 0 Å². The van der Waals surface area contributed by atoms with Crippen molar-refractivity contribution in [3.05, 3.63) is 17.7 Å². The number of oxime groups is 1. The molecule has 15 heavy (non-hydrogen) atoms. The number of rotatable bonds is 3. The number of ether oxygens (including phenoxy) is 3. The van der Waals surface area contributed by atoms with Gasteiger partial charge in [-0.3, -0.25) is 0 Å². The average Bonchev–Trinajstić information content (AvgIpc) is 2.70. The Morgan fingerprint density at radius 3 is 3.13 bits per heavy atom. The fourth-order valence-electron chi connectivity index (χ4n) is 1.44. The van der Waals surface area contributed by atoms with Crippen LogP contribution in [0.4, 0.5) is 0 Å². The van der Waals surface area contributed by atoms with Crippen LogP contribution < -0.4 is 14.2 Å². The van der Waals surface area contributed by atoms with E-state index in [4.69, 9.17) is 19.4 Å². The molecule has 0 saturated heterocycles. The zero-order valence-corrected chi connectivity index (χ0v) is 8.27. The van der Waals surface area contributed by atoms with Crippen molar-refractivity contribution >= 4 is 6.21 Å². The van der Waals surface area contributed by atoms with E-state index in [1.54, 1.807) is 12.1 Å². The molecule has 5 nitrogen and oxygen atoms in total. The van der Waals surface area contributed by atoms with Gasteiger partial charge in [-0.25, -0.2) is 0 Å². The smallest absolute Gasteiger partial charge is 0.231 e. The first kappa shape index (κ1) is 9.64. The van der Waals surface area contributed by atoms with Gasteiger partial charge >= 0.3 is 0 Å². The second kappa shape index (κ2) is 4.08. The molecule has 0 aliphatic carbocycles. The molecule has 0 unspecified atom stereocenters. The summed E-state index contributed by atoms with van der Waals surface area (Å²) in [6.07, 6.45) is 1.28. The number of benzene rings is 1. The van der Waals surface area contributed by atoms with Crippen LogP contribution in [0.5, 0.6) is 17.2 Å². The molecular weight excluding hydrogens is 198 g/mol. The van der Waals surface area contributed by atoms with Gasteiger partial charge in [0.2, 0.25) is 6.79 Å². The van der Waals surface area contributed by atoms with E-state index in [1.165, 1.54) is 6.21 Å². The SMILES string of the molecule is CCOc1ccc2c(c1/C=N/O)OCO2. The molecule has 1 heterocycles. The monoisotopic (exact) mass is 209 g/mol. The molecule has 1 aliphatic rings. The highest BCUT2D eigenvalue weighted by Crippen LogP contribution is 2.39. The molecular formula is C10H11NO4. The molecule has 0 saturated carbocycles. The first-order valence-electron chi connectivity index (χ1n) is 4.59. The van der Waals surface area contributed by atoms with Crippen LogP contribution >= 0.6 is 0 Å². The highest BCUT2D eigenvalue weighted by Gasteiger charge is 2.20. The molecule has 80 valence electrons. The minimum absolute atomic E-state index is 0.178. The Kier molecular flexibility index (Phi) is 2.62. The van der Waals surface area contributed by atoms with Gasteiger partial charge < -0.3 is 19.4 Å². The Labute approximate surface area is 86.9 Å². The maximum Gasteiger partial charge on any atom is 0.231 e. The zero-order chi connectivity index (χ0) is 10.7. The number of hydrogen-bond donors (Lipinski definition) is 1. The quantitative estimate of drug-likeness (QED) is 0.467. The lowest BCUT2D eigenvalue weighted by molar-refractivity contribution is 0.173. The van der Waals surface area contributed by atoms with E-state index in [9.17, 15) is 0 Å². The molecule has 0 amide bonds. The van der Waals surface area contributed by atoms with Gasteiger partial charge in [0.1, 0.15) is 5.75 Å². The molecule has 5 heteroatoms. The Morgan fingerprint density at radius 1 is 1.53 bits per heavy atom. The minimum Gasteiger partial charge on any atom is -0.493 e. The highest BCUT2D eigenvalue weighted by molar-refractivity contribution is 5.88. The predicted octanol–water partition coefficient (Wildman–Crippen LogP) is 1.62. The minimum atomic E-state index is 0.178. The van der Waals surface area contributed by atoms with Crippen LogP contribution in [-0.4, -0.2) is 24.8 Å². The molecule has 0 spiro atoms. The van der Waals surface area contributed by atoms with Crippen LogP contribution in [0.3, 0.4) is 0 Å². The number of fused-ring (bicyclic) bond motifs is 1. The summed E-state index contributed by atoms with van der Waals surface area (Å²) in [5.74, 6) is 1.80. The van der Waals surface area contributed by atoms with Gasteiger partial charge in [-0.2, -0.15) is 0 Å². The third-order valence-electron chi connectivity index (χ3n) is 2.02. The average molecular weight is 209 g/mol. The van der Waals surface area contributed by atoms with Gasteiger partial charge in [-0.05, 0) is 19.1 Å². The number of hydrogen-bond acceptors (Lipinski definition) is 5. The summed E-state index contributed by atoms with van der Waals surface area (Å²) >= 11 is 0. The fraction of sp³-hybridized carbons (Fsp3) is 0.300. The molecule has 2 rings (SSSR count). The molecule has 0 aromatic heterocycles. The molecule has 0 fully saturated rings. The van der Waals surface area contributed by atoms with Gasteiger partial charge in [0.15, 0.2) is 11.5 Å². The Hall–Kier alpha value is -1.91. The highest BCUT2D eigenvalue weighted by atomic mass is 16.7. The maximum absolute atomic E-state index is 8.56. The van der Waals surface area contributed by atoms with Crippen molar-refractivity contribution in [2.45, 2.75) is 6.92 Å². The molecule has 1 aromatic carbocycles. The van der Waals surface area contributed by atoms with Gasteiger partial charge in [-0.15, -0.1) is 0 Å². The Balaban J connectivity index is 2.48. The van der Waals surface area contributed by atoms with E-state index >= 15 is 0 Å². The summed E-state index contributed by atoms with van der Waals surface area (Å²) in [6.45, 7) is 2.59. The molecule has 0 bridgehead atoms. The molecule has 1 N–H and O–H groups in total. The van der Waals surface area contributed by atoms with Gasteiger partial charge in [-0.1, -0.05) is 5.16 Å². The summed E-state index contributed by atoms with van der Waals surface area (Å²) in [5.41, 5.74) is 0.592. The predicted molar refractivity (Wildman–Crippen MR) is 53.1 cm³/mol. The summed E-state index contributed by atoms with van der Waals surface area (Å²) in [7, 11) is 0. The van der Waals surface area contributed by atoms with Gasteiger partial charge in [0.05, 0.1) is 18.4 Å². The third kappa shape index (κ3) is 1.68. The van der Waals surface area contributed by atoms with Crippen LogP contribution in [0, 0.1) is 0 Å². The van der Waals surface area contributed by atoms with Gasteiger partial charge in [0.25, 0.3) is 0 Å². The van der Waals surface area contributed by atoms with E-state index in [1.807, 2.05) is 6.92 Å². The third-order valence-corrected chi connectivity index (χ3v) is 2.02. The summed E-state index contributed by atoms with van der Waals surface area (Å²) in [5, 5.41) is 11.5. The Bertz CT molecular complexity index is 389. The van der Waals surface area contributed by atoms with Crippen LogP contribution in [-0.2, 0) is 0 Å². The van der Waals surface area contributed by atoms with Crippen LogP contribution in [0.15, 0.2) is 17.3 Å². The first-order valence-corrected chi connectivity index (χ1v) is 4.59. The zero-order valence-electron chi connectivity index (χ0n) is 8.27. The van der Waals surface area contributed by atoms with Crippen molar-refractivity contribution in [2.24, 2.45) is 5.16 Å². The van der Waals surface area contributed by atoms with E-state index in [0.717, 1.165) is 0 Å². The normalized spacial score (nSPS) is 13.4.